The molecule has 35 heavy (non-hydrogen) atoms. The van der Waals surface area contributed by atoms with Crippen molar-refractivity contribution in [3.63, 3.8) is 0 Å². The number of nitrogens with one attached hydrogen (secondary N) is 1. The van der Waals surface area contributed by atoms with Crippen LogP contribution < -0.4 is 14.5 Å². The van der Waals surface area contributed by atoms with Gasteiger partial charge in [-0.1, -0.05) is 12.1 Å². The fourth-order valence-electron chi connectivity index (χ4n) is 4.91. The highest BCUT2D eigenvalue weighted by Crippen LogP contribution is 2.49. The molecule has 0 atom stereocenters. The number of benzene rings is 2. The summed E-state index contributed by atoms with van der Waals surface area (Å²) >= 11 is 0. The number of rotatable bonds is 5. The Labute approximate surface area is 201 Å². The number of aromatic amines is 1. The van der Waals surface area contributed by atoms with Gasteiger partial charge in [0.05, 0.1) is 31.1 Å². The molecule has 0 saturated heterocycles. The van der Waals surface area contributed by atoms with Crippen LogP contribution in [-0.4, -0.2) is 41.2 Å². The van der Waals surface area contributed by atoms with Gasteiger partial charge in [-0.3, -0.25) is 9.80 Å². The minimum absolute atomic E-state index is 0.181. The van der Waals surface area contributed by atoms with E-state index >= 15 is 0 Å². The van der Waals surface area contributed by atoms with Crippen molar-refractivity contribution in [1.82, 2.24) is 9.97 Å². The van der Waals surface area contributed by atoms with Crippen molar-refractivity contribution in [1.29, 1.82) is 0 Å². The maximum atomic E-state index is 13.3. The lowest BCUT2D eigenvalue weighted by molar-refractivity contribution is 0.0697. The van der Waals surface area contributed by atoms with Crippen molar-refractivity contribution in [2.75, 3.05) is 24.0 Å². The number of methoxy groups -OCH3 is 1. The van der Waals surface area contributed by atoms with Crippen LogP contribution in [0.25, 0.3) is 22.2 Å². The number of amides is 2. The average molecular weight is 469 g/mol. The van der Waals surface area contributed by atoms with E-state index in [1.54, 1.807) is 42.3 Å². The molecule has 0 unspecified atom stereocenters. The van der Waals surface area contributed by atoms with Gasteiger partial charge >= 0.3 is 12.0 Å². The van der Waals surface area contributed by atoms with E-state index in [9.17, 15) is 14.7 Å². The molecule has 2 aliphatic rings. The predicted octanol–water partition coefficient (Wildman–Crippen LogP) is 5.39. The SMILES string of the molecule is COc1ccc(-c2c(C3CC3)[nH]c3ncc4c(c23)CN(c2ccc(C(=O)O)cc2)C(=O)N4C)cc1. The third kappa shape index (κ3) is 3.41. The first-order valence-electron chi connectivity index (χ1n) is 11.5. The molecule has 8 nitrogen and oxygen atoms in total. The van der Waals surface area contributed by atoms with Gasteiger partial charge < -0.3 is 14.8 Å². The van der Waals surface area contributed by atoms with E-state index in [1.807, 2.05) is 12.1 Å². The highest BCUT2D eigenvalue weighted by Gasteiger charge is 2.35. The molecule has 2 N–H and O–H groups in total. The molecule has 1 aliphatic carbocycles. The second kappa shape index (κ2) is 7.87. The van der Waals surface area contributed by atoms with Crippen LogP contribution in [0.4, 0.5) is 16.2 Å². The number of hydrogen-bond donors (Lipinski definition) is 2. The van der Waals surface area contributed by atoms with Crippen molar-refractivity contribution in [3.05, 3.63) is 71.5 Å². The lowest BCUT2D eigenvalue weighted by Gasteiger charge is -2.35. The summed E-state index contributed by atoms with van der Waals surface area (Å²) < 4.78 is 5.36. The summed E-state index contributed by atoms with van der Waals surface area (Å²) in [6.45, 7) is 0.356. The van der Waals surface area contributed by atoms with E-state index in [0.29, 0.717) is 18.2 Å². The quantitative estimate of drug-likeness (QED) is 0.409. The van der Waals surface area contributed by atoms with E-state index in [4.69, 9.17) is 9.72 Å². The molecule has 1 aliphatic heterocycles. The molecule has 3 heterocycles. The molecule has 0 spiro atoms. The summed E-state index contributed by atoms with van der Waals surface area (Å²) in [6.07, 6.45) is 4.03. The Kier molecular flexibility index (Phi) is 4.77. The Hall–Kier alpha value is -4.33. The highest BCUT2D eigenvalue weighted by atomic mass is 16.5. The molecular formula is C27H24N4O4. The number of pyridine rings is 1. The van der Waals surface area contributed by atoms with Crippen LogP contribution in [-0.2, 0) is 6.54 Å². The van der Waals surface area contributed by atoms with Crippen molar-refractivity contribution in [2.24, 2.45) is 0 Å². The van der Waals surface area contributed by atoms with Gasteiger partial charge in [0.15, 0.2) is 0 Å². The van der Waals surface area contributed by atoms with Crippen molar-refractivity contribution in [2.45, 2.75) is 25.3 Å². The Morgan fingerprint density at radius 3 is 2.46 bits per heavy atom. The maximum Gasteiger partial charge on any atom is 0.335 e. The van der Waals surface area contributed by atoms with Gasteiger partial charge in [-0.2, -0.15) is 0 Å². The number of carbonyl (C=O) groups excluding carboxylic acids is 1. The standard InChI is InChI=1S/C27H24N4O4/c1-30-21-13-28-25-23(20(21)14-31(27(30)34)18-9-5-17(6-10-18)26(32)33)22(24(29-25)16-3-4-16)15-7-11-19(35-2)12-8-15/h5-13,16H,3-4,14H2,1-2H3,(H,28,29)(H,32,33). The molecule has 1 fully saturated rings. The van der Waals surface area contributed by atoms with Crippen LogP contribution in [0.1, 0.15) is 40.4 Å². The summed E-state index contributed by atoms with van der Waals surface area (Å²) in [5, 5.41) is 10.3. The minimum Gasteiger partial charge on any atom is -0.497 e. The lowest BCUT2D eigenvalue weighted by Crippen LogP contribution is -2.45. The summed E-state index contributed by atoms with van der Waals surface area (Å²) in [7, 11) is 3.40. The molecule has 2 amide bonds. The molecule has 1 saturated carbocycles. The first-order valence-corrected chi connectivity index (χ1v) is 11.5. The predicted molar refractivity (Wildman–Crippen MR) is 133 cm³/mol. The number of carboxylic acids is 1. The monoisotopic (exact) mass is 468 g/mol. The number of aromatic nitrogens is 2. The number of urea groups is 1. The number of H-pyrrole nitrogens is 1. The first-order chi connectivity index (χ1) is 17.0. The zero-order valence-corrected chi connectivity index (χ0v) is 19.4. The zero-order valence-electron chi connectivity index (χ0n) is 19.4. The number of hydrogen-bond acceptors (Lipinski definition) is 4. The summed E-state index contributed by atoms with van der Waals surface area (Å²) in [6, 6.07) is 14.2. The highest BCUT2D eigenvalue weighted by molar-refractivity contribution is 6.10. The summed E-state index contributed by atoms with van der Waals surface area (Å²) in [5.74, 6) is 0.267. The van der Waals surface area contributed by atoms with E-state index < -0.39 is 5.97 Å². The number of aromatic carboxylic acids is 1. The van der Waals surface area contributed by atoms with Gasteiger partial charge in [-0.15, -0.1) is 0 Å². The second-order valence-corrected chi connectivity index (χ2v) is 9.04. The van der Waals surface area contributed by atoms with Gasteiger partial charge in [-0.05, 0) is 60.7 Å². The third-order valence-corrected chi connectivity index (χ3v) is 6.92. The summed E-state index contributed by atoms with van der Waals surface area (Å²) in [4.78, 5) is 36.1. The summed E-state index contributed by atoms with van der Waals surface area (Å²) in [5.41, 5.74) is 6.80. The number of anilines is 2. The Balaban J connectivity index is 1.53. The maximum absolute atomic E-state index is 13.3. The molecule has 0 radical (unpaired) electrons. The fourth-order valence-corrected chi connectivity index (χ4v) is 4.91. The van der Waals surface area contributed by atoms with Gasteiger partial charge in [0.1, 0.15) is 11.4 Å². The fraction of sp³-hybridized carbons (Fsp3) is 0.222. The lowest BCUT2D eigenvalue weighted by atomic mass is 9.96. The molecule has 176 valence electrons. The number of nitrogens with zero attached hydrogens (tertiary/aromatic N) is 3. The molecular weight excluding hydrogens is 444 g/mol. The van der Waals surface area contributed by atoms with E-state index in [2.05, 4.69) is 17.1 Å². The van der Waals surface area contributed by atoms with Crippen LogP contribution in [0, 0.1) is 0 Å². The zero-order chi connectivity index (χ0) is 24.3. The third-order valence-electron chi connectivity index (χ3n) is 6.92. The largest absolute Gasteiger partial charge is 0.497 e. The molecule has 4 aromatic rings. The van der Waals surface area contributed by atoms with Crippen molar-refractivity contribution < 1.29 is 19.4 Å². The van der Waals surface area contributed by atoms with E-state index in [1.165, 1.54) is 17.8 Å². The van der Waals surface area contributed by atoms with Crippen LogP contribution in [0.3, 0.4) is 0 Å². The topological polar surface area (TPSA) is 98.8 Å². The van der Waals surface area contributed by atoms with Gasteiger partial charge in [0.2, 0.25) is 0 Å². The first kappa shape index (κ1) is 21.2. The Morgan fingerprint density at radius 2 is 1.83 bits per heavy atom. The molecule has 6 rings (SSSR count). The van der Waals surface area contributed by atoms with E-state index in [0.717, 1.165) is 52.0 Å². The smallest absolute Gasteiger partial charge is 0.335 e. The van der Waals surface area contributed by atoms with Crippen LogP contribution in [0.15, 0.2) is 54.7 Å². The normalized spacial score (nSPS) is 15.4. The minimum atomic E-state index is -0.999. The van der Waals surface area contributed by atoms with E-state index in [-0.39, 0.29) is 11.6 Å². The Bertz CT molecular complexity index is 1470. The van der Waals surface area contributed by atoms with Gasteiger partial charge in [0.25, 0.3) is 0 Å². The number of fused-ring (bicyclic) bond motifs is 3. The number of carboxylic acid groups (broad SMARTS) is 1. The molecule has 8 heteroatoms. The van der Waals surface area contributed by atoms with Gasteiger partial charge in [0, 0.05) is 34.9 Å². The van der Waals surface area contributed by atoms with Crippen molar-refractivity contribution in [3.8, 4) is 16.9 Å². The Morgan fingerprint density at radius 1 is 1.11 bits per heavy atom. The second-order valence-electron chi connectivity index (χ2n) is 9.04. The van der Waals surface area contributed by atoms with Crippen LogP contribution in [0.5, 0.6) is 5.75 Å². The average Bonchev–Trinajstić information content (AvgIpc) is 3.65. The molecule has 2 aromatic heterocycles. The number of carbonyl (C=O) groups is 2. The van der Waals surface area contributed by atoms with Crippen LogP contribution in [0.2, 0.25) is 0 Å². The molecule has 2 aromatic carbocycles. The molecule has 0 bridgehead atoms. The van der Waals surface area contributed by atoms with Gasteiger partial charge in [-0.25, -0.2) is 14.6 Å². The van der Waals surface area contributed by atoms with Crippen molar-refractivity contribution >= 4 is 34.4 Å². The number of ether oxygens (including phenoxy) is 1. The van der Waals surface area contributed by atoms with Crippen LogP contribution >= 0.6 is 0 Å².